The molecule has 1 aromatic carbocycles. The third-order valence-electron chi connectivity index (χ3n) is 4.56. The first kappa shape index (κ1) is 17.8. The van der Waals surface area contributed by atoms with Crippen LogP contribution in [0.15, 0.2) is 58.7 Å². The minimum Gasteiger partial charge on any atom is -0.488 e. The number of benzene rings is 1. The Balaban J connectivity index is 1.48. The second-order valence-electron chi connectivity index (χ2n) is 6.55. The fourth-order valence-electron chi connectivity index (χ4n) is 3.14. The minimum absolute atomic E-state index is 0.164. The van der Waals surface area contributed by atoms with Crippen LogP contribution in [0.2, 0.25) is 0 Å². The van der Waals surface area contributed by atoms with Gasteiger partial charge in [-0.1, -0.05) is 24.3 Å². The normalized spacial score (nSPS) is 18.7. The molecule has 2 aliphatic heterocycles. The lowest BCUT2D eigenvalue weighted by molar-refractivity contribution is -0.113. The van der Waals surface area contributed by atoms with Gasteiger partial charge in [0.2, 0.25) is 0 Å². The van der Waals surface area contributed by atoms with E-state index in [4.69, 9.17) is 4.74 Å². The zero-order chi connectivity index (χ0) is 18.5. The van der Waals surface area contributed by atoms with Gasteiger partial charge in [-0.15, -0.1) is 0 Å². The predicted octanol–water partition coefficient (Wildman–Crippen LogP) is 4.12. The third kappa shape index (κ3) is 4.39. The van der Waals surface area contributed by atoms with E-state index in [0.29, 0.717) is 11.5 Å². The lowest BCUT2D eigenvalue weighted by atomic mass is 10.1. The number of para-hydroxylation sites is 1. The lowest BCUT2D eigenvalue weighted by Gasteiger charge is -2.27. The molecule has 5 nitrogen and oxygen atoms in total. The molecule has 0 atom stereocenters. The van der Waals surface area contributed by atoms with Gasteiger partial charge in [-0.25, -0.2) is 0 Å². The van der Waals surface area contributed by atoms with E-state index in [1.165, 1.54) is 18.2 Å². The van der Waals surface area contributed by atoms with Gasteiger partial charge in [-0.2, -0.15) is 4.99 Å². The maximum absolute atomic E-state index is 12.4. The topological polar surface area (TPSA) is 54.8 Å². The Kier molecular flexibility index (Phi) is 5.53. The van der Waals surface area contributed by atoms with Crippen molar-refractivity contribution in [1.82, 2.24) is 9.88 Å². The van der Waals surface area contributed by atoms with E-state index in [0.717, 1.165) is 48.0 Å². The highest BCUT2D eigenvalue weighted by Crippen LogP contribution is 2.33. The number of aliphatic imine (C=N–C) groups is 1. The number of likely N-dealkylation sites (tertiary alicyclic amines) is 1. The van der Waals surface area contributed by atoms with Crippen LogP contribution in [0.5, 0.6) is 5.75 Å². The fourth-order valence-corrected chi connectivity index (χ4v) is 4.09. The number of ether oxygens (including phenoxy) is 1. The summed E-state index contributed by atoms with van der Waals surface area (Å²) in [5.41, 5.74) is 1.88. The standard InChI is InChI=1S/C21H21N3O2S/c25-20-19(27-21(23-20)24-11-4-1-5-12-24)13-17-8-2-3-9-18(17)26-15-16-7-6-10-22-14-16/h2-3,6-10,13-14H,1,4-5,11-12,15H2/b19-13+. The molecule has 27 heavy (non-hydrogen) atoms. The second-order valence-corrected chi connectivity index (χ2v) is 7.55. The van der Waals surface area contributed by atoms with Gasteiger partial charge in [0.1, 0.15) is 12.4 Å². The monoisotopic (exact) mass is 379 g/mol. The summed E-state index contributed by atoms with van der Waals surface area (Å²) in [5.74, 6) is 0.580. The first-order valence-corrected chi connectivity index (χ1v) is 9.99. The Hall–Kier alpha value is -2.60. The van der Waals surface area contributed by atoms with Gasteiger partial charge in [0.05, 0.1) is 4.91 Å². The Morgan fingerprint density at radius 2 is 1.96 bits per heavy atom. The van der Waals surface area contributed by atoms with Crippen LogP contribution >= 0.6 is 11.8 Å². The molecule has 3 heterocycles. The molecule has 0 spiro atoms. The fraction of sp³-hybridized carbons (Fsp3) is 0.286. The van der Waals surface area contributed by atoms with Crippen molar-refractivity contribution in [2.75, 3.05) is 13.1 Å². The summed E-state index contributed by atoms with van der Waals surface area (Å²) >= 11 is 1.47. The molecular weight excluding hydrogens is 358 g/mol. The summed E-state index contributed by atoms with van der Waals surface area (Å²) in [5, 5.41) is 0.833. The number of aromatic nitrogens is 1. The SMILES string of the molecule is O=C1N=C(N2CCCCC2)S/C1=C/c1ccccc1OCc1cccnc1. The van der Waals surface area contributed by atoms with Crippen LogP contribution in [-0.2, 0) is 11.4 Å². The number of pyridine rings is 1. The molecule has 2 aromatic rings. The van der Waals surface area contributed by atoms with Gasteiger partial charge in [0.15, 0.2) is 5.17 Å². The van der Waals surface area contributed by atoms with Crippen molar-refractivity contribution in [3.05, 3.63) is 64.8 Å². The Labute approximate surface area is 163 Å². The number of rotatable bonds is 4. The van der Waals surface area contributed by atoms with Crippen LogP contribution in [0.4, 0.5) is 0 Å². The summed E-state index contributed by atoms with van der Waals surface area (Å²) in [6, 6.07) is 11.6. The molecule has 1 saturated heterocycles. The van der Waals surface area contributed by atoms with Gasteiger partial charge in [-0.3, -0.25) is 9.78 Å². The maximum Gasteiger partial charge on any atom is 0.286 e. The van der Waals surface area contributed by atoms with Gasteiger partial charge in [0, 0.05) is 36.6 Å². The van der Waals surface area contributed by atoms with Crippen LogP contribution < -0.4 is 4.74 Å². The van der Waals surface area contributed by atoms with E-state index >= 15 is 0 Å². The highest BCUT2D eigenvalue weighted by atomic mass is 32.2. The van der Waals surface area contributed by atoms with E-state index in [1.54, 1.807) is 12.4 Å². The summed E-state index contributed by atoms with van der Waals surface area (Å²) < 4.78 is 5.96. The maximum atomic E-state index is 12.4. The zero-order valence-corrected chi connectivity index (χ0v) is 15.8. The number of thioether (sulfide) groups is 1. The molecule has 0 saturated carbocycles. The molecule has 4 rings (SSSR count). The largest absolute Gasteiger partial charge is 0.488 e. The van der Waals surface area contributed by atoms with Crippen molar-refractivity contribution in [3.63, 3.8) is 0 Å². The van der Waals surface area contributed by atoms with E-state index in [9.17, 15) is 4.79 Å². The first-order valence-electron chi connectivity index (χ1n) is 9.18. The van der Waals surface area contributed by atoms with Crippen molar-refractivity contribution in [1.29, 1.82) is 0 Å². The van der Waals surface area contributed by atoms with Crippen LogP contribution in [0.1, 0.15) is 30.4 Å². The summed E-state index contributed by atoms with van der Waals surface area (Å²) in [7, 11) is 0. The number of carbonyl (C=O) groups is 1. The number of nitrogens with zero attached hydrogens (tertiary/aromatic N) is 3. The molecule has 0 N–H and O–H groups in total. The smallest absolute Gasteiger partial charge is 0.286 e. The highest BCUT2D eigenvalue weighted by Gasteiger charge is 2.27. The number of amidine groups is 1. The molecule has 0 bridgehead atoms. The van der Waals surface area contributed by atoms with E-state index in [-0.39, 0.29) is 5.91 Å². The summed E-state index contributed by atoms with van der Waals surface area (Å²) in [4.78, 5) is 23.6. The van der Waals surface area contributed by atoms with Crippen LogP contribution in [0.25, 0.3) is 6.08 Å². The van der Waals surface area contributed by atoms with E-state index in [2.05, 4.69) is 14.9 Å². The molecule has 2 aliphatic rings. The van der Waals surface area contributed by atoms with E-state index < -0.39 is 0 Å². The van der Waals surface area contributed by atoms with Gasteiger partial charge >= 0.3 is 0 Å². The van der Waals surface area contributed by atoms with Gasteiger partial charge in [0.25, 0.3) is 5.91 Å². The number of piperidine rings is 1. The first-order chi connectivity index (χ1) is 13.3. The van der Waals surface area contributed by atoms with Crippen LogP contribution in [0, 0.1) is 0 Å². The molecule has 1 amide bonds. The molecule has 0 radical (unpaired) electrons. The second kappa shape index (κ2) is 8.39. The molecule has 1 aromatic heterocycles. The Morgan fingerprint density at radius 1 is 1.11 bits per heavy atom. The average molecular weight is 379 g/mol. The molecule has 0 unspecified atom stereocenters. The van der Waals surface area contributed by atoms with Gasteiger partial charge in [-0.05, 0) is 49.2 Å². The van der Waals surface area contributed by atoms with Crippen molar-refractivity contribution in [3.8, 4) is 5.75 Å². The quantitative estimate of drug-likeness (QED) is 0.748. The predicted molar refractivity (Wildman–Crippen MR) is 108 cm³/mol. The van der Waals surface area contributed by atoms with E-state index in [1.807, 2.05) is 42.5 Å². The van der Waals surface area contributed by atoms with Crippen LogP contribution in [0.3, 0.4) is 0 Å². The molecule has 6 heteroatoms. The van der Waals surface area contributed by atoms with Crippen molar-refractivity contribution >= 4 is 28.9 Å². The van der Waals surface area contributed by atoms with Crippen molar-refractivity contribution < 1.29 is 9.53 Å². The summed E-state index contributed by atoms with van der Waals surface area (Å²) in [6.07, 6.45) is 9.00. The lowest BCUT2D eigenvalue weighted by Crippen LogP contribution is -2.33. The number of hydrogen-bond donors (Lipinski definition) is 0. The Bertz CT molecular complexity index is 874. The Morgan fingerprint density at radius 3 is 2.78 bits per heavy atom. The zero-order valence-electron chi connectivity index (χ0n) is 15.0. The summed E-state index contributed by atoms with van der Waals surface area (Å²) in [6.45, 7) is 2.40. The van der Waals surface area contributed by atoms with Crippen molar-refractivity contribution in [2.24, 2.45) is 4.99 Å². The van der Waals surface area contributed by atoms with Crippen molar-refractivity contribution in [2.45, 2.75) is 25.9 Å². The molecule has 138 valence electrons. The third-order valence-corrected chi connectivity index (χ3v) is 5.60. The van der Waals surface area contributed by atoms with Gasteiger partial charge < -0.3 is 9.64 Å². The number of carbonyl (C=O) groups excluding carboxylic acids is 1. The number of hydrogen-bond acceptors (Lipinski definition) is 5. The highest BCUT2D eigenvalue weighted by molar-refractivity contribution is 8.18. The average Bonchev–Trinajstić information content (AvgIpc) is 3.09. The van der Waals surface area contributed by atoms with Crippen LogP contribution in [-0.4, -0.2) is 34.0 Å². The molecule has 1 fully saturated rings. The molecular formula is C21H21N3O2S. The minimum atomic E-state index is -0.164. The molecule has 0 aliphatic carbocycles. The number of amides is 1.